The number of amides is 1. The van der Waals surface area contributed by atoms with Crippen molar-refractivity contribution in [1.29, 1.82) is 0 Å². The van der Waals surface area contributed by atoms with Crippen molar-refractivity contribution in [2.45, 2.75) is 39.5 Å². The average Bonchev–Trinajstić information content (AvgIpc) is 3.20. The molecule has 2 aromatic rings. The molecule has 0 bridgehead atoms. The van der Waals surface area contributed by atoms with E-state index in [0.717, 1.165) is 5.82 Å². The van der Waals surface area contributed by atoms with Crippen LogP contribution in [0.15, 0.2) is 30.6 Å². The van der Waals surface area contributed by atoms with Crippen molar-refractivity contribution in [1.82, 2.24) is 14.5 Å². The Kier molecular flexibility index (Phi) is 4.83. The fourth-order valence-electron chi connectivity index (χ4n) is 2.65. The lowest BCUT2D eigenvalue weighted by Gasteiger charge is -2.29. The summed E-state index contributed by atoms with van der Waals surface area (Å²) in [5.74, 6) is 2.63. The minimum absolute atomic E-state index is 0.0343. The number of hydrogen-bond acceptors (Lipinski definition) is 5. The summed E-state index contributed by atoms with van der Waals surface area (Å²) in [6.45, 7) is 6.36. The van der Waals surface area contributed by atoms with Gasteiger partial charge < -0.3 is 23.7 Å². The third-order valence-electron chi connectivity index (χ3n) is 4.14. The molecule has 1 atom stereocenters. The summed E-state index contributed by atoms with van der Waals surface area (Å²) < 4.78 is 18.4. The van der Waals surface area contributed by atoms with Gasteiger partial charge in [0.05, 0.1) is 6.54 Å². The molecule has 0 radical (unpaired) electrons. The van der Waals surface area contributed by atoms with Gasteiger partial charge in [-0.25, -0.2) is 4.98 Å². The van der Waals surface area contributed by atoms with Crippen molar-refractivity contribution in [2.75, 3.05) is 6.79 Å². The number of carbonyl (C=O) groups excluding carboxylic acids is 1. The number of aromatic nitrogens is 2. The number of rotatable bonds is 6. The highest BCUT2D eigenvalue weighted by molar-refractivity contribution is 5.81. The molecule has 0 spiro atoms. The van der Waals surface area contributed by atoms with Gasteiger partial charge in [0.25, 0.3) is 5.91 Å². The zero-order chi connectivity index (χ0) is 18.0. The number of imidazole rings is 1. The predicted octanol–water partition coefficient (Wildman–Crippen LogP) is 2.35. The molecule has 134 valence electrons. The van der Waals surface area contributed by atoms with E-state index in [4.69, 9.17) is 14.2 Å². The summed E-state index contributed by atoms with van der Waals surface area (Å²) in [7, 11) is 1.91. The zero-order valence-corrected chi connectivity index (χ0v) is 14.9. The van der Waals surface area contributed by atoms with Gasteiger partial charge >= 0.3 is 0 Å². The first kappa shape index (κ1) is 17.1. The Balaban J connectivity index is 1.69. The number of nitrogens with zero attached hydrogens (tertiary/aromatic N) is 3. The molecule has 1 aliphatic heterocycles. The Morgan fingerprint density at radius 2 is 2.08 bits per heavy atom. The second-order valence-electron chi connectivity index (χ2n) is 6.29. The largest absolute Gasteiger partial charge is 0.481 e. The van der Waals surface area contributed by atoms with Crippen LogP contribution < -0.4 is 14.2 Å². The summed E-state index contributed by atoms with van der Waals surface area (Å²) in [4.78, 5) is 18.9. The standard InChI is InChI=1S/C18H23N3O4/c1-12(2)21(10-17-19-7-8-20(17)4)18(22)13(3)25-14-5-6-15-16(9-14)24-11-23-15/h5-9,12-13H,10-11H2,1-4H3. The molecule has 0 fully saturated rings. The van der Waals surface area contributed by atoms with E-state index >= 15 is 0 Å². The highest BCUT2D eigenvalue weighted by atomic mass is 16.7. The van der Waals surface area contributed by atoms with Crippen LogP contribution in [-0.4, -0.2) is 39.3 Å². The van der Waals surface area contributed by atoms with E-state index in [1.54, 1.807) is 36.2 Å². The maximum Gasteiger partial charge on any atom is 0.263 e. The van der Waals surface area contributed by atoms with Crippen LogP contribution in [-0.2, 0) is 18.4 Å². The lowest BCUT2D eigenvalue weighted by molar-refractivity contribution is -0.140. The molecule has 1 aromatic heterocycles. The van der Waals surface area contributed by atoms with Gasteiger partial charge in [0.2, 0.25) is 6.79 Å². The van der Waals surface area contributed by atoms with Gasteiger partial charge in [-0.3, -0.25) is 4.79 Å². The summed E-state index contributed by atoms with van der Waals surface area (Å²) in [5, 5.41) is 0. The monoisotopic (exact) mass is 345 g/mol. The van der Waals surface area contributed by atoms with Crippen LogP contribution >= 0.6 is 0 Å². The minimum Gasteiger partial charge on any atom is -0.481 e. The van der Waals surface area contributed by atoms with Gasteiger partial charge in [0, 0.05) is 31.5 Å². The van der Waals surface area contributed by atoms with E-state index < -0.39 is 6.10 Å². The van der Waals surface area contributed by atoms with Crippen LogP contribution in [0, 0.1) is 0 Å². The molecule has 1 aromatic carbocycles. The number of ether oxygens (including phenoxy) is 3. The van der Waals surface area contributed by atoms with Crippen molar-refractivity contribution in [2.24, 2.45) is 7.05 Å². The molecule has 1 amide bonds. The minimum atomic E-state index is -0.622. The number of hydrogen-bond donors (Lipinski definition) is 0. The summed E-state index contributed by atoms with van der Waals surface area (Å²) >= 11 is 0. The molecule has 0 N–H and O–H groups in total. The molecule has 0 saturated carbocycles. The van der Waals surface area contributed by atoms with Gasteiger partial charge in [-0.2, -0.15) is 0 Å². The lowest BCUT2D eigenvalue weighted by atomic mass is 10.2. The molecule has 1 aliphatic rings. The van der Waals surface area contributed by atoms with Crippen molar-refractivity contribution in [3.8, 4) is 17.2 Å². The van der Waals surface area contributed by atoms with E-state index in [1.165, 1.54) is 0 Å². The summed E-state index contributed by atoms with van der Waals surface area (Å²) in [6.07, 6.45) is 2.97. The van der Waals surface area contributed by atoms with Crippen LogP contribution in [0.25, 0.3) is 0 Å². The third-order valence-corrected chi connectivity index (χ3v) is 4.14. The smallest absolute Gasteiger partial charge is 0.263 e. The summed E-state index contributed by atoms with van der Waals surface area (Å²) in [6, 6.07) is 5.33. The van der Waals surface area contributed by atoms with Crippen molar-refractivity contribution < 1.29 is 19.0 Å². The molecular weight excluding hydrogens is 322 g/mol. The molecule has 7 nitrogen and oxygen atoms in total. The molecule has 25 heavy (non-hydrogen) atoms. The molecule has 3 rings (SSSR count). The van der Waals surface area contributed by atoms with Crippen LogP contribution in [0.2, 0.25) is 0 Å². The normalized spacial score (nSPS) is 13.8. The first-order valence-corrected chi connectivity index (χ1v) is 8.28. The Bertz CT molecular complexity index is 757. The zero-order valence-electron chi connectivity index (χ0n) is 14.9. The molecule has 7 heteroatoms. The highest BCUT2D eigenvalue weighted by Crippen LogP contribution is 2.35. The van der Waals surface area contributed by atoms with Gasteiger partial charge in [-0.05, 0) is 32.9 Å². The first-order chi connectivity index (χ1) is 12.0. The Morgan fingerprint density at radius 1 is 1.32 bits per heavy atom. The van der Waals surface area contributed by atoms with Crippen molar-refractivity contribution in [3.05, 3.63) is 36.4 Å². The number of aryl methyl sites for hydroxylation is 1. The SMILES string of the molecule is CC(Oc1ccc2c(c1)OCO2)C(=O)N(Cc1nccn1C)C(C)C. The Hall–Kier alpha value is -2.70. The highest BCUT2D eigenvalue weighted by Gasteiger charge is 2.26. The van der Waals surface area contributed by atoms with Gasteiger partial charge in [-0.15, -0.1) is 0 Å². The van der Waals surface area contributed by atoms with E-state index in [9.17, 15) is 4.79 Å². The lowest BCUT2D eigenvalue weighted by Crippen LogP contribution is -2.44. The second-order valence-corrected chi connectivity index (χ2v) is 6.29. The molecule has 2 heterocycles. The van der Waals surface area contributed by atoms with Crippen LogP contribution in [0.5, 0.6) is 17.2 Å². The van der Waals surface area contributed by atoms with E-state index in [1.807, 2.05) is 31.7 Å². The third kappa shape index (κ3) is 3.70. The molecular formula is C18H23N3O4. The summed E-state index contributed by atoms with van der Waals surface area (Å²) in [5.41, 5.74) is 0. The number of benzene rings is 1. The maximum atomic E-state index is 12.9. The number of carbonyl (C=O) groups is 1. The van der Waals surface area contributed by atoms with Gasteiger partial charge in [-0.1, -0.05) is 0 Å². The first-order valence-electron chi connectivity index (χ1n) is 8.28. The van der Waals surface area contributed by atoms with E-state index in [0.29, 0.717) is 23.8 Å². The van der Waals surface area contributed by atoms with Crippen molar-refractivity contribution in [3.63, 3.8) is 0 Å². The molecule has 0 saturated heterocycles. The molecule has 1 unspecified atom stereocenters. The van der Waals surface area contributed by atoms with Crippen LogP contribution in [0.1, 0.15) is 26.6 Å². The maximum absolute atomic E-state index is 12.9. The Labute approximate surface area is 147 Å². The van der Waals surface area contributed by atoms with E-state index in [2.05, 4.69) is 4.98 Å². The van der Waals surface area contributed by atoms with E-state index in [-0.39, 0.29) is 18.7 Å². The van der Waals surface area contributed by atoms with Gasteiger partial charge in [0.15, 0.2) is 17.6 Å². The van der Waals surface area contributed by atoms with Gasteiger partial charge in [0.1, 0.15) is 11.6 Å². The molecule has 0 aliphatic carbocycles. The predicted molar refractivity (Wildman–Crippen MR) is 91.5 cm³/mol. The van der Waals surface area contributed by atoms with Crippen LogP contribution in [0.4, 0.5) is 0 Å². The van der Waals surface area contributed by atoms with Crippen LogP contribution in [0.3, 0.4) is 0 Å². The average molecular weight is 345 g/mol. The quantitative estimate of drug-likeness (QED) is 0.804. The number of fused-ring (bicyclic) bond motifs is 1. The fourth-order valence-corrected chi connectivity index (χ4v) is 2.65. The fraction of sp³-hybridized carbons (Fsp3) is 0.444. The van der Waals surface area contributed by atoms with Crippen molar-refractivity contribution >= 4 is 5.91 Å². The Morgan fingerprint density at radius 3 is 2.76 bits per heavy atom. The second kappa shape index (κ2) is 7.04. The topological polar surface area (TPSA) is 65.8 Å².